The van der Waals surface area contributed by atoms with Crippen molar-refractivity contribution in [2.24, 2.45) is 7.05 Å². The lowest BCUT2D eigenvalue weighted by atomic mass is 9.94. The van der Waals surface area contributed by atoms with Gasteiger partial charge in [-0.15, -0.1) is 0 Å². The van der Waals surface area contributed by atoms with Crippen molar-refractivity contribution in [1.29, 1.82) is 0 Å². The predicted octanol–water partition coefficient (Wildman–Crippen LogP) is 3.28. The lowest BCUT2D eigenvalue weighted by Crippen LogP contribution is -1.99. The van der Waals surface area contributed by atoms with Crippen LogP contribution < -0.4 is 15.2 Å². The van der Waals surface area contributed by atoms with Crippen molar-refractivity contribution in [2.75, 3.05) is 12.5 Å². The number of hydrogen-bond donors (Lipinski definition) is 1. The van der Waals surface area contributed by atoms with Crippen molar-refractivity contribution in [2.45, 2.75) is 19.8 Å². The number of halogens is 1. The number of aryl methyl sites for hydroxylation is 1. The third-order valence-corrected chi connectivity index (χ3v) is 3.99. The minimum absolute atomic E-state index is 0.251. The normalized spacial score (nSPS) is 13.2. The van der Waals surface area contributed by atoms with Crippen molar-refractivity contribution >= 4 is 21.7 Å². The summed E-state index contributed by atoms with van der Waals surface area (Å²) >= 11 is 3.53. The van der Waals surface area contributed by atoms with Gasteiger partial charge >= 0.3 is 0 Å². The van der Waals surface area contributed by atoms with Crippen molar-refractivity contribution in [3.63, 3.8) is 0 Å². The van der Waals surface area contributed by atoms with Crippen LogP contribution in [0.15, 0.2) is 16.6 Å². The van der Waals surface area contributed by atoms with Gasteiger partial charge in [-0.3, -0.25) is 4.68 Å². The van der Waals surface area contributed by atoms with E-state index in [0.29, 0.717) is 5.82 Å². The monoisotopic (exact) mass is 337 g/mol. The highest BCUT2D eigenvalue weighted by Crippen LogP contribution is 2.48. The predicted molar refractivity (Wildman–Crippen MR) is 81.0 cm³/mol. The van der Waals surface area contributed by atoms with Crippen LogP contribution in [-0.2, 0) is 7.05 Å². The summed E-state index contributed by atoms with van der Waals surface area (Å²) in [6.07, 6.45) is 0. The fourth-order valence-electron chi connectivity index (χ4n) is 2.45. The van der Waals surface area contributed by atoms with E-state index in [4.69, 9.17) is 15.2 Å². The molecule has 2 N–H and O–H groups in total. The number of hydrogen-bond acceptors (Lipinski definition) is 4. The molecule has 0 saturated heterocycles. The van der Waals surface area contributed by atoms with Crippen LogP contribution in [0.2, 0.25) is 0 Å². The Hall–Kier alpha value is -1.69. The maximum Gasteiger partial charge on any atom is 0.231 e. The average Bonchev–Trinajstić information content (AvgIpc) is 2.97. The van der Waals surface area contributed by atoms with Gasteiger partial charge in [-0.05, 0) is 27.9 Å². The Labute approximate surface area is 125 Å². The molecule has 1 aliphatic heterocycles. The Morgan fingerprint density at radius 3 is 2.60 bits per heavy atom. The Kier molecular flexibility index (Phi) is 3.12. The van der Waals surface area contributed by atoms with Gasteiger partial charge in [0.1, 0.15) is 5.82 Å². The molecule has 2 aromatic rings. The Bertz CT molecular complexity index is 660. The van der Waals surface area contributed by atoms with Gasteiger partial charge in [-0.2, -0.15) is 5.10 Å². The fraction of sp³-hybridized carbons (Fsp3) is 0.357. The largest absolute Gasteiger partial charge is 0.453 e. The highest BCUT2D eigenvalue weighted by atomic mass is 79.9. The molecule has 0 aliphatic carbocycles. The number of benzene rings is 1. The molecule has 6 heteroatoms. The topological polar surface area (TPSA) is 62.3 Å². The number of nitrogens with two attached hydrogens (primary N) is 1. The summed E-state index contributed by atoms with van der Waals surface area (Å²) < 4.78 is 13.7. The van der Waals surface area contributed by atoms with E-state index in [9.17, 15) is 0 Å². The van der Waals surface area contributed by atoms with Crippen LogP contribution in [0.3, 0.4) is 0 Å². The zero-order chi connectivity index (χ0) is 14.4. The first-order valence-electron chi connectivity index (χ1n) is 6.41. The SMILES string of the molecule is CC(C)c1c(-c2cc(N)n(C)n2)cc(Br)c2c1OCO2. The molecule has 3 rings (SSSR count). The lowest BCUT2D eigenvalue weighted by Gasteiger charge is -2.15. The zero-order valence-corrected chi connectivity index (χ0v) is 13.2. The number of anilines is 1. The van der Waals surface area contributed by atoms with E-state index in [1.165, 1.54) is 0 Å². The molecule has 0 atom stereocenters. The Morgan fingerprint density at radius 2 is 2.00 bits per heavy atom. The summed E-state index contributed by atoms with van der Waals surface area (Å²) in [5, 5.41) is 4.46. The molecule has 1 aliphatic rings. The van der Waals surface area contributed by atoms with Gasteiger partial charge in [0.25, 0.3) is 0 Å². The van der Waals surface area contributed by atoms with Crippen molar-refractivity contribution in [3.05, 3.63) is 22.2 Å². The van der Waals surface area contributed by atoms with Gasteiger partial charge in [0, 0.05) is 24.2 Å². The molecule has 0 unspecified atom stereocenters. The zero-order valence-electron chi connectivity index (χ0n) is 11.6. The van der Waals surface area contributed by atoms with Crippen LogP contribution in [0.25, 0.3) is 11.3 Å². The quantitative estimate of drug-likeness (QED) is 0.913. The van der Waals surface area contributed by atoms with E-state index in [0.717, 1.165) is 32.8 Å². The first-order chi connectivity index (χ1) is 9.49. The van der Waals surface area contributed by atoms with Crippen molar-refractivity contribution in [3.8, 4) is 22.8 Å². The molecule has 5 nitrogen and oxygen atoms in total. The molecule has 0 radical (unpaired) electrons. The molecule has 1 aromatic heterocycles. The Balaban J connectivity index is 2.27. The summed E-state index contributed by atoms with van der Waals surface area (Å²) in [5.41, 5.74) is 8.84. The molecule has 1 aromatic carbocycles. The summed E-state index contributed by atoms with van der Waals surface area (Å²) in [6, 6.07) is 3.89. The minimum Gasteiger partial charge on any atom is -0.453 e. The lowest BCUT2D eigenvalue weighted by molar-refractivity contribution is 0.172. The third-order valence-electron chi connectivity index (χ3n) is 3.40. The molecule has 0 amide bonds. The van der Waals surface area contributed by atoms with Crippen molar-refractivity contribution < 1.29 is 9.47 Å². The van der Waals surface area contributed by atoms with Crippen LogP contribution in [-0.4, -0.2) is 16.6 Å². The Morgan fingerprint density at radius 1 is 1.30 bits per heavy atom. The highest BCUT2D eigenvalue weighted by molar-refractivity contribution is 9.10. The number of rotatable bonds is 2. The molecule has 0 fully saturated rings. The maximum absolute atomic E-state index is 5.89. The molecule has 0 spiro atoms. The van der Waals surface area contributed by atoms with Gasteiger partial charge in [-0.1, -0.05) is 13.8 Å². The number of aromatic nitrogens is 2. The second-order valence-corrected chi connectivity index (χ2v) is 5.97. The van der Waals surface area contributed by atoms with Gasteiger partial charge in [0.15, 0.2) is 11.5 Å². The van der Waals surface area contributed by atoms with E-state index in [1.807, 2.05) is 19.2 Å². The van der Waals surface area contributed by atoms with E-state index in [2.05, 4.69) is 34.9 Å². The molecular formula is C14H16BrN3O2. The maximum atomic E-state index is 5.89. The fourth-order valence-corrected chi connectivity index (χ4v) is 2.97. The number of ether oxygens (including phenoxy) is 2. The summed E-state index contributed by atoms with van der Waals surface area (Å²) in [7, 11) is 1.83. The molecule has 106 valence electrons. The first-order valence-corrected chi connectivity index (χ1v) is 7.20. The van der Waals surface area contributed by atoms with Crippen LogP contribution in [0.4, 0.5) is 5.82 Å². The molecule has 0 saturated carbocycles. The van der Waals surface area contributed by atoms with Crippen LogP contribution in [0.5, 0.6) is 11.5 Å². The molecular weight excluding hydrogens is 322 g/mol. The van der Waals surface area contributed by atoms with E-state index in [-0.39, 0.29) is 12.7 Å². The second-order valence-electron chi connectivity index (χ2n) is 5.12. The average molecular weight is 338 g/mol. The summed E-state index contributed by atoms with van der Waals surface area (Å²) in [5.74, 6) is 2.48. The van der Waals surface area contributed by atoms with E-state index in [1.54, 1.807) is 4.68 Å². The summed E-state index contributed by atoms with van der Waals surface area (Å²) in [6.45, 7) is 4.50. The van der Waals surface area contributed by atoms with Gasteiger partial charge in [-0.25, -0.2) is 0 Å². The van der Waals surface area contributed by atoms with Crippen LogP contribution in [0, 0.1) is 0 Å². The number of nitrogens with zero attached hydrogens (tertiary/aromatic N) is 2. The highest BCUT2D eigenvalue weighted by Gasteiger charge is 2.27. The standard InChI is InChI=1S/C14H16BrN3O2/c1-7(2)12-8(10-5-11(16)18(3)17-10)4-9(15)13-14(12)20-6-19-13/h4-5,7H,6,16H2,1-3H3. The molecule has 0 bridgehead atoms. The first kappa shape index (κ1) is 13.3. The van der Waals surface area contributed by atoms with Gasteiger partial charge < -0.3 is 15.2 Å². The van der Waals surface area contributed by atoms with Crippen molar-refractivity contribution in [1.82, 2.24) is 9.78 Å². The molecule has 2 heterocycles. The number of fused-ring (bicyclic) bond motifs is 1. The van der Waals surface area contributed by atoms with Gasteiger partial charge in [0.05, 0.1) is 10.2 Å². The van der Waals surface area contributed by atoms with E-state index < -0.39 is 0 Å². The second kappa shape index (κ2) is 4.70. The minimum atomic E-state index is 0.251. The number of nitrogen functional groups attached to an aromatic ring is 1. The molecule has 20 heavy (non-hydrogen) atoms. The van der Waals surface area contributed by atoms with E-state index >= 15 is 0 Å². The summed E-state index contributed by atoms with van der Waals surface area (Å²) in [4.78, 5) is 0. The smallest absolute Gasteiger partial charge is 0.231 e. The van der Waals surface area contributed by atoms with Gasteiger partial charge in [0.2, 0.25) is 6.79 Å². The van der Waals surface area contributed by atoms with Crippen LogP contribution in [0.1, 0.15) is 25.3 Å². The third kappa shape index (κ3) is 1.95. The van der Waals surface area contributed by atoms with Crippen LogP contribution >= 0.6 is 15.9 Å².